The van der Waals surface area contributed by atoms with Crippen LogP contribution in [0.3, 0.4) is 0 Å². The second-order valence-electron chi connectivity index (χ2n) is 2.79. The quantitative estimate of drug-likeness (QED) is 0.844. The van der Waals surface area contributed by atoms with E-state index >= 15 is 0 Å². The summed E-state index contributed by atoms with van der Waals surface area (Å²) >= 11 is 13.7. The van der Waals surface area contributed by atoms with E-state index in [4.69, 9.17) is 17.3 Å². The van der Waals surface area contributed by atoms with Gasteiger partial charge < -0.3 is 11.1 Å². The number of halogens is 2. The van der Waals surface area contributed by atoms with Crippen LogP contribution in [0.5, 0.6) is 0 Å². The van der Waals surface area contributed by atoms with Crippen molar-refractivity contribution in [2.45, 2.75) is 6.42 Å². The SMILES string of the molecule is NC(=S)CC(=O)Nc1cccc(Cl)c1Br. The van der Waals surface area contributed by atoms with Crippen LogP contribution >= 0.6 is 39.7 Å². The second kappa shape index (κ2) is 5.44. The number of nitrogens with two attached hydrogens (primary N) is 1. The summed E-state index contributed by atoms with van der Waals surface area (Å²) in [7, 11) is 0. The molecule has 0 fully saturated rings. The van der Waals surface area contributed by atoms with E-state index in [9.17, 15) is 4.79 Å². The van der Waals surface area contributed by atoms with Crippen molar-refractivity contribution in [2.24, 2.45) is 5.73 Å². The molecule has 0 aromatic heterocycles. The Morgan fingerprint density at radius 3 is 2.87 bits per heavy atom. The van der Waals surface area contributed by atoms with E-state index in [1.807, 2.05) is 0 Å². The number of thiocarbonyl (C=S) groups is 1. The molecule has 0 spiro atoms. The lowest BCUT2D eigenvalue weighted by Gasteiger charge is -2.07. The molecule has 1 aromatic rings. The predicted octanol–water partition coefficient (Wildman–Crippen LogP) is 2.72. The third-order valence-corrected chi connectivity index (χ3v) is 3.10. The monoisotopic (exact) mass is 306 g/mol. The van der Waals surface area contributed by atoms with Crippen molar-refractivity contribution in [3.05, 3.63) is 27.7 Å². The fourth-order valence-corrected chi connectivity index (χ4v) is 1.62. The highest BCUT2D eigenvalue weighted by Gasteiger charge is 2.08. The molecule has 0 aliphatic rings. The zero-order valence-electron chi connectivity index (χ0n) is 7.59. The maximum absolute atomic E-state index is 11.3. The minimum absolute atomic E-state index is 0.0221. The summed E-state index contributed by atoms with van der Waals surface area (Å²) in [5.41, 5.74) is 5.85. The summed E-state index contributed by atoms with van der Waals surface area (Å²) in [4.78, 5) is 11.5. The summed E-state index contributed by atoms with van der Waals surface area (Å²) in [6.07, 6.45) is 0.0221. The van der Waals surface area contributed by atoms with E-state index in [1.165, 1.54) is 0 Å². The normalized spacial score (nSPS) is 9.73. The maximum Gasteiger partial charge on any atom is 0.231 e. The molecule has 0 heterocycles. The molecule has 0 unspecified atom stereocenters. The fourth-order valence-electron chi connectivity index (χ4n) is 0.953. The lowest BCUT2D eigenvalue weighted by molar-refractivity contribution is -0.115. The number of anilines is 1. The van der Waals surface area contributed by atoms with Crippen LogP contribution in [-0.2, 0) is 4.79 Å². The highest BCUT2D eigenvalue weighted by molar-refractivity contribution is 9.10. The Kier molecular flexibility index (Phi) is 4.50. The third-order valence-electron chi connectivity index (χ3n) is 1.56. The molecule has 80 valence electrons. The second-order valence-corrected chi connectivity index (χ2v) is 4.52. The zero-order valence-corrected chi connectivity index (χ0v) is 10.7. The van der Waals surface area contributed by atoms with Gasteiger partial charge in [0.2, 0.25) is 5.91 Å². The molecule has 15 heavy (non-hydrogen) atoms. The average molecular weight is 308 g/mol. The van der Waals surface area contributed by atoms with Crippen molar-refractivity contribution in [3.63, 3.8) is 0 Å². The number of benzene rings is 1. The molecule has 6 heteroatoms. The number of rotatable bonds is 3. The average Bonchev–Trinajstić information content (AvgIpc) is 2.11. The van der Waals surface area contributed by atoms with Crippen molar-refractivity contribution in [1.82, 2.24) is 0 Å². The van der Waals surface area contributed by atoms with Crippen LogP contribution in [-0.4, -0.2) is 10.9 Å². The smallest absolute Gasteiger partial charge is 0.231 e. The maximum atomic E-state index is 11.3. The van der Waals surface area contributed by atoms with Gasteiger partial charge in [-0.2, -0.15) is 0 Å². The molecule has 3 N–H and O–H groups in total. The van der Waals surface area contributed by atoms with Crippen LogP contribution in [0.2, 0.25) is 5.02 Å². The summed E-state index contributed by atoms with van der Waals surface area (Å²) < 4.78 is 0.642. The highest BCUT2D eigenvalue weighted by atomic mass is 79.9. The number of amides is 1. The Hall–Kier alpha value is -0.650. The van der Waals surface area contributed by atoms with Crippen molar-refractivity contribution in [3.8, 4) is 0 Å². The van der Waals surface area contributed by atoms with E-state index in [-0.39, 0.29) is 17.3 Å². The van der Waals surface area contributed by atoms with E-state index in [2.05, 4.69) is 33.5 Å². The van der Waals surface area contributed by atoms with Gasteiger partial charge in [0.15, 0.2) is 0 Å². The summed E-state index contributed by atoms with van der Waals surface area (Å²) in [6, 6.07) is 5.19. The van der Waals surface area contributed by atoms with E-state index in [0.29, 0.717) is 15.2 Å². The molecule has 0 saturated carbocycles. The van der Waals surface area contributed by atoms with Crippen LogP contribution in [0.15, 0.2) is 22.7 Å². The molecule has 0 radical (unpaired) electrons. The van der Waals surface area contributed by atoms with Crippen molar-refractivity contribution in [2.75, 3.05) is 5.32 Å². The van der Waals surface area contributed by atoms with Crippen LogP contribution in [0, 0.1) is 0 Å². The first-order valence-electron chi connectivity index (χ1n) is 4.03. The first-order chi connectivity index (χ1) is 7.00. The molecule has 0 atom stereocenters. The van der Waals surface area contributed by atoms with Crippen LogP contribution in [0.1, 0.15) is 6.42 Å². The molecule has 0 bridgehead atoms. The lowest BCUT2D eigenvalue weighted by atomic mass is 10.3. The standard InChI is InChI=1S/C9H8BrClN2OS/c10-9-5(11)2-1-3-6(9)13-8(14)4-7(12)15/h1-3H,4H2,(H2,12,15)(H,13,14). The van der Waals surface area contributed by atoms with Crippen LogP contribution in [0.4, 0.5) is 5.69 Å². The topological polar surface area (TPSA) is 55.1 Å². The van der Waals surface area contributed by atoms with Gasteiger partial charge in [0.05, 0.1) is 26.6 Å². The zero-order chi connectivity index (χ0) is 11.4. The first kappa shape index (κ1) is 12.4. The van der Waals surface area contributed by atoms with Gasteiger partial charge in [-0.1, -0.05) is 29.9 Å². The Morgan fingerprint density at radius 2 is 2.27 bits per heavy atom. The van der Waals surface area contributed by atoms with Gasteiger partial charge in [-0.15, -0.1) is 0 Å². The predicted molar refractivity (Wildman–Crippen MR) is 69.2 cm³/mol. The molecule has 3 nitrogen and oxygen atoms in total. The van der Waals surface area contributed by atoms with Gasteiger partial charge in [-0.3, -0.25) is 4.79 Å². The molecule has 1 amide bonds. The van der Waals surface area contributed by atoms with Gasteiger partial charge in [-0.05, 0) is 28.1 Å². The third kappa shape index (κ3) is 3.77. The van der Waals surface area contributed by atoms with Gasteiger partial charge in [-0.25, -0.2) is 0 Å². The summed E-state index contributed by atoms with van der Waals surface area (Å²) in [6.45, 7) is 0. The molecular formula is C9H8BrClN2OS. The molecule has 1 rings (SSSR count). The Labute approximate surface area is 106 Å². The van der Waals surface area contributed by atoms with E-state index in [1.54, 1.807) is 18.2 Å². The molecule has 0 saturated heterocycles. The highest BCUT2D eigenvalue weighted by Crippen LogP contribution is 2.29. The number of hydrogen-bond donors (Lipinski definition) is 2. The largest absolute Gasteiger partial charge is 0.393 e. The minimum Gasteiger partial charge on any atom is -0.393 e. The number of nitrogens with one attached hydrogen (secondary N) is 1. The molecular weight excluding hydrogens is 300 g/mol. The molecule has 1 aromatic carbocycles. The number of carbonyl (C=O) groups excluding carboxylic acids is 1. The van der Waals surface area contributed by atoms with E-state index in [0.717, 1.165) is 0 Å². The Balaban J connectivity index is 2.77. The summed E-state index contributed by atoms with van der Waals surface area (Å²) in [5.74, 6) is -0.259. The van der Waals surface area contributed by atoms with Crippen molar-refractivity contribution in [1.29, 1.82) is 0 Å². The van der Waals surface area contributed by atoms with Crippen molar-refractivity contribution < 1.29 is 4.79 Å². The summed E-state index contributed by atoms with van der Waals surface area (Å²) in [5, 5.41) is 3.18. The number of carbonyl (C=O) groups is 1. The van der Waals surface area contributed by atoms with Crippen molar-refractivity contribution >= 4 is 56.3 Å². The fraction of sp³-hybridized carbons (Fsp3) is 0.111. The Morgan fingerprint density at radius 1 is 1.60 bits per heavy atom. The van der Waals surface area contributed by atoms with Gasteiger partial charge in [0.25, 0.3) is 0 Å². The van der Waals surface area contributed by atoms with Gasteiger partial charge in [0.1, 0.15) is 0 Å². The molecule has 0 aliphatic carbocycles. The van der Waals surface area contributed by atoms with Gasteiger partial charge >= 0.3 is 0 Å². The minimum atomic E-state index is -0.259. The van der Waals surface area contributed by atoms with Crippen LogP contribution < -0.4 is 11.1 Å². The van der Waals surface area contributed by atoms with Gasteiger partial charge in [0, 0.05) is 0 Å². The van der Waals surface area contributed by atoms with Crippen LogP contribution in [0.25, 0.3) is 0 Å². The first-order valence-corrected chi connectivity index (χ1v) is 5.61. The lowest BCUT2D eigenvalue weighted by Crippen LogP contribution is -2.20. The Bertz CT molecular complexity index is 411. The van der Waals surface area contributed by atoms with E-state index < -0.39 is 0 Å². The number of hydrogen-bond acceptors (Lipinski definition) is 2. The molecule has 0 aliphatic heterocycles.